The third-order valence-corrected chi connectivity index (χ3v) is 2.39. The maximum atomic E-state index is 10.7. The highest BCUT2D eigenvalue weighted by Crippen LogP contribution is 2.23. The summed E-state index contributed by atoms with van der Waals surface area (Å²) in [5.41, 5.74) is 1.93. The van der Waals surface area contributed by atoms with Crippen LogP contribution in [0.1, 0.15) is 5.69 Å². The minimum atomic E-state index is -0.751. The number of fused-ring (bicyclic) bond motifs is 1. The molecule has 1 aromatic rings. The lowest BCUT2D eigenvalue weighted by atomic mass is 9.99. The van der Waals surface area contributed by atoms with Crippen molar-refractivity contribution in [3.05, 3.63) is 11.9 Å². The molecule has 1 aromatic heterocycles. The molecule has 1 aliphatic rings. The van der Waals surface area contributed by atoms with Gasteiger partial charge >= 0.3 is 5.97 Å². The van der Waals surface area contributed by atoms with E-state index in [2.05, 4.69) is 10.4 Å². The molecule has 0 amide bonds. The number of carboxylic acid groups (broad SMARTS) is 1. The van der Waals surface area contributed by atoms with Crippen LogP contribution in [-0.2, 0) is 18.3 Å². The highest BCUT2D eigenvalue weighted by atomic mass is 35.5. The van der Waals surface area contributed by atoms with E-state index in [0.717, 1.165) is 11.4 Å². The normalized spacial score (nSPS) is 19.1. The lowest BCUT2D eigenvalue weighted by Crippen LogP contribution is -2.30. The molecule has 1 unspecified atom stereocenters. The van der Waals surface area contributed by atoms with Crippen molar-refractivity contribution in [3.63, 3.8) is 0 Å². The van der Waals surface area contributed by atoms with Gasteiger partial charge in [0.05, 0.1) is 23.5 Å². The Hall–Kier alpha value is -1.23. The molecule has 2 rings (SSSR count). The van der Waals surface area contributed by atoms with E-state index in [1.807, 2.05) is 7.05 Å². The molecule has 14 heavy (non-hydrogen) atoms. The van der Waals surface area contributed by atoms with Crippen LogP contribution in [0.5, 0.6) is 0 Å². The van der Waals surface area contributed by atoms with Gasteiger partial charge in [-0.25, -0.2) is 0 Å². The maximum absolute atomic E-state index is 10.7. The zero-order chi connectivity index (χ0) is 9.42. The molecule has 2 heterocycles. The topological polar surface area (TPSA) is 67.2 Å². The van der Waals surface area contributed by atoms with E-state index in [9.17, 15) is 4.79 Å². The van der Waals surface area contributed by atoms with Crippen molar-refractivity contribution in [2.45, 2.75) is 6.42 Å². The van der Waals surface area contributed by atoms with E-state index in [4.69, 9.17) is 5.11 Å². The lowest BCUT2D eigenvalue weighted by molar-refractivity contribution is -0.141. The summed E-state index contributed by atoms with van der Waals surface area (Å²) in [5.74, 6) is -1.08. The molecule has 0 aliphatic carbocycles. The number of anilines is 1. The van der Waals surface area contributed by atoms with Gasteiger partial charge in [0.25, 0.3) is 0 Å². The molecule has 0 spiro atoms. The van der Waals surface area contributed by atoms with E-state index < -0.39 is 5.97 Å². The number of aliphatic carboxylic acids is 1. The van der Waals surface area contributed by atoms with Crippen LogP contribution in [0.3, 0.4) is 0 Å². The Balaban J connectivity index is 0.000000980. The Bertz CT molecular complexity index is 350. The summed E-state index contributed by atoms with van der Waals surface area (Å²) in [6.07, 6.45) is 2.29. The average molecular weight is 218 g/mol. The number of carboxylic acids is 1. The van der Waals surface area contributed by atoms with Gasteiger partial charge in [0.15, 0.2) is 0 Å². The van der Waals surface area contributed by atoms with Crippen LogP contribution in [0.4, 0.5) is 5.69 Å². The van der Waals surface area contributed by atoms with E-state index in [1.54, 1.807) is 10.9 Å². The van der Waals surface area contributed by atoms with Gasteiger partial charge in [-0.15, -0.1) is 12.4 Å². The average Bonchev–Trinajstić information content (AvgIpc) is 2.47. The first-order valence-corrected chi connectivity index (χ1v) is 4.16. The van der Waals surface area contributed by atoms with Crippen LogP contribution in [0.15, 0.2) is 6.20 Å². The van der Waals surface area contributed by atoms with Gasteiger partial charge in [-0.05, 0) is 0 Å². The third-order valence-electron chi connectivity index (χ3n) is 2.39. The van der Waals surface area contributed by atoms with Gasteiger partial charge in [-0.2, -0.15) is 5.10 Å². The Labute approximate surface area is 87.5 Å². The van der Waals surface area contributed by atoms with Gasteiger partial charge < -0.3 is 10.4 Å². The quantitative estimate of drug-likeness (QED) is 0.720. The number of nitrogens with zero attached hydrogens (tertiary/aromatic N) is 2. The number of nitrogens with one attached hydrogen (secondary N) is 1. The van der Waals surface area contributed by atoms with Gasteiger partial charge in [-0.1, -0.05) is 0 Å². The summed E-state index contributed by atoms with van der Waals surface area (Å²) in [5, 5.41) is 15.9. The standard InChI is InChI=1S/C8H11N3O2.ClH/c1-11-7-2-5(8(12)13)3-9-6(7)4-10-11;/h4-5,9H,2-3H2,1H3,(H,12,13);1H. The largest absolute Gasteiger partial charge is 0.481 e. The van der Waals surface area contributed by atoms with Crippen molar-refractivity contribution >= 4 is 24.1 Å². The number of carbonyl (C=O) groups is 1. The van der Waals surface area contributed by atoms with Crippen molar-refractivity contribution in [1.82, 2.24) is 9.78 Å². The van der Waals surface area contributed by atoms with Crippen molar-refractivity contribution in [2.75, 3.05) is 11.9 Å². The van der Waals surface area contributed by atoms with Crippen LogP contribution >= 0.6 is 12.4 Å². The number of hydrogen-bond acceptors (Lipinski definition) is 3. The molecule has 1 atom stereocenters. The smallest absolute Gasteiger partial charge is 0.308 e. The van der Waals surface area contributed by atoms with E-state index in [1.165, 1.54) is 0 Å². The second-order valence-corrected chi connectivity index (χ2v) is 3.25. The molecular formula is C8H12ClN3O2. The molecular weight excluding hydrogens is 206 g/mol. The number of aryl methyl sites for hydroxylation is 1. The zero-order valence-corrected chi connectivity index (χ0v) is 8.54. The monoisotopic (exact) mass is 217 g/mol. The molecule has 5 nitrogen and oxygen atoms in total. The minimum absolute atomic E-state index is 0. The fourth-order valence-corrected chi connectivity index (χ4v) is 1.57. The molecule has 0 fully saturated rings. The molecule has 0 saturated carbocycles. The molecule has 0 bridgehead atoms. The van der Waals surface area contributed by atoms with Crippen LogP contribution in [0.2, 0.25) is 0 Å². The predicted octanol–water partition coefficient (Wildman–Crippen LogP) is 0.511. The molecule has 6 heteroatoms. The fraction of sp³-hybridized carbons (Fsp3) is 0.500. The summed E-state index contributed by atoms with van der Waals surface area (Å²) in [6, 6.07) is 0. The molecule has 0 aromatic carbocycles. The van der Waals surface area contributed by atoms with E-state index in [-0.39, 0.29) is 18.3 Å². The Morgan fingerprint density at radius 1 is 1.79 bits per heavy atom. The zero-order valence-electron chi connectivity index (χ0n) is 7.73. The van der Waals surface area contributed by atoms with Gasteiger partial charge in [0, 0.05) is 20.0 Å². The van der Waals surface area contributed by atoms with Gasteiger partial charge in [0.2, 0.25) is 0 Å². The van der Waals surface area contributed by atoms with Crippen molar-refractivity contribution in [1.29, 1.82) is 0 Å². The SMILES string of the molecule is Cl.Cn1ncc2c1CC(C(=O)O)CN2. The summed E-state index contributed by atoms with van der Waals surface area (Å²) in [4.78, 5) is 10.7. The van der Waals surface area contributed by atoms with Crippen LogP contribution in [0.25, 0.3) is 0 Å². The summed E-state index contributed by atoms with van der Waals surface area (Å²) < 4.78 is 1.72. The Morgan fingerprint density at radius 2 is 2.50 bits per heavy atom. The van der Waals surface area contributed by atoms with E-state index in [0.29, 0.717) is 13.0 Å². The first-order valence-electron chi connectivity index (χ1n) is 4.16. The Kier molecular flexibility index (Phi) is 3.00. The number of hydrogen-bond donors (Lipinski definition) is 2. The molecule has 0 saturated heterocycles. The molecule has 78 valence electrons. The first-order chi connectivity index (χ1) is 6.18. The van der Waals surface area contributed by atoms with Crippen LogP contribution < -0.4 is 5.32 Å². The van der Waals surface area contributed by atoms with E-state index >= 15 is 0 Å². The summed E-state index contributed by atoms with van der Waals surface area (Å²) in [6.45, 7) is 0.494. The summed E-state index contributed by atoms with van der Waals surface area (Å²) in [7, 11) is 1.82. The summed E-state index contributed by atoms with van der Waals surface area (Å²) >= 11 is 0. The number of aromatic nitrogens is 2. The van der Waals surface area contributed by atoms with Gasteiger partial charge in [0.1, 0.15) is 0 Å². The van der Waals surface area contributed by atoms with Crippen molar-refractivity contribution in [2.24, 2.45) is 13.0 Å². The number of rotatable bonds is 1. The maximum Gasteiger partial charge on any atom is 0.308 e. The minimum Gasteiger partial charge on any atom is -0.481 e. The van der Waals surface area contributed by atoms with Crippen molar-refractivity contribution < 1.29 is 9.90 Å². The Morgan fingerprint density at radius 3 is 3.14 bits per heavy atom. The first kappa shape index (κ1) is 10.8. The van der Waals surface area contributed by atoms with Crippen LogP contribution in [0, 0.1) is 5.92 Å². The fourth-order valence-electron chi connectivity index (χ4n) is 1.57. The predicted molar refractivity (Wildman–Crippen MR) is 53.8 cm³/mol. The highest BCUT2D eigenvalue weighted by Gasteiger charge is 2.26. The second kappa shape index (κ2) is 3.88. The van der Waals surface area contributed by atoms with Gasteiger partial charge in [-0.3, -0.25) is 9.48 Å². The number of halogens is 1. The second-order valence-electron chi connectivity index (χ2n) is 3.25. The molecule has 2 N–H and O–H groups in total. The lowest BCUT2D eigenvalue weighted by Gasteiger charge is -2.20. The van der Waals surface area contributed by atoms with Crippen molar-refractivity contribution in [3.8, 4) is 0 Å². The third kappa shape index (κ3) is 1.68. The molecule has 1 aliphatic heterocycles. The highest BCUT2D eigenvalue weighted by molar-refractivity contribution is 5.85. The van der Waals surface area contributed by atoms with Crippen LogP contribution in [-0.4, -0.2) is 27.4 Å². The molecule has 0 radical (unpaired) electrons.